The van der Waals surface area contributed by atoms with Crippen LogP contribution in [0.15, 0.2) is 0 Å². The highest BCUT2D eigenvalue weighted by molar-refractivity contribution is 5.84. The summed E-state index contributed by atoms with van der Waals surface area (Å²) in [6.45, 7) is 0. The van der Waals surface area contributed by atoms with Crippen molar-refractivity contribution in [3.05, 3.63) is 0 Å². The van der Waals surface area contributed by atoms with Gasteiger partial charge >= 0.3 is 18.1 Å². The zero-order valence-corrected chi connectivity index (χ0v) is 9.59. The van der Waals surface area contributed by atoms with Crippen molar-refractivity contribution in [3.63, 3.8) is 0 Å². The molecule has 2 rings (SSSR count). The molecule has 7 heteroatoms. The van der Waals surface area contributed by atoms with E-state index in [0.717, 1.165) is 6.42 Å². The summed E-state index contributed by atoms with van der Waals surface area (Å²) in [6, 6.07) is 0. The van der Waals surface area contributed by atoms with Gasteiger partial charge in [-0.25, -0.2) is 0 Å². The van der Waals surface area contributed by atoms with E-state index in [1.54, 1.807) is 0 Å². The Balaban J connectivity index is 2.21. The first-order valence-corrected chi connectivity index (χ1v) is 5.87. The summed E-state index contributed by atoms with van der Waals surface area (Å²) in [4.78, 5) is 22.2. The van der Waals surface area contributed by atoms with Crippen LogP contribution in [0.4, 0.5) is 13.2 Å². The predicted molar refractivity (Wildman–Crippen MR) is 54.6 cm³/mol. The van der Waals surface area contributed by atoms with E-state index < -0.39 is 29.5 Å². The predicted octanol–water partition coefficient (Wildman–Crippen LogP) is 1.70. The molecule has 0 heterocycles. The summed E-state index contributed by atoms with van der Waals surface area (Å²) >= 11 is 0. The molecule has 18 heavy (non-hydrogen) atoms. The second-order valence-electron chi connectivity index (χ2n) is 5.20. The molecule has 0 saturated heterocycles. The average Bonchev–Trinajstić information content (AvgIpc) is 2.48. The van der Waals surface area contributed by atoms with Gasteiger partial charge in [0.15, 0.2) is 0 Å². The Hall–Kier alpha value is -1.27. The zero-order valence-electron chi connectivity index (χ0n) is 9.59. The van der Waals surface area contributed by atoms with Crippen molar-refractivity contribution in [2.24, 2.45) is 11.8 Å². The van der Waals surface area contributed by atoms with Crippen molar-refractivity contribution >= 4 is 11.9 Å². The highest BCUT2D eigenvalue weighted by Crippen LogP contribution is 2.49. The number of nitrogens with one attached hydrogen (secondary N) is 1. The van der Waals surface area contributed by atoms with Crippen LogP contribution in [0.1, 0.15) is 32.1 Å². The Morgan fingerprint density at radius 3 is 2.56 bits per heavy atom. The number of amides is 1. The van der Waals surface area contributed by atoms with Crippen LogP contribution < -0.4 is 5.32 Å². The maximum Gasteiger partial charge on any atom is 0.471 e. The first-order valence-electron chi connectivity index (χ1n) is 5.87. The maximum absolute atomic E-state index is 12.3. The number of carbonyl (C=O) groups excluding carboxylic acids is 1. The number of carbonyl (C=O) groups is 2. The van der Waals surface area contributed by atoms with Gasteiger partial charge in [-0.3, -0.25) is 9.59 Å². The van der Waals surface area contributed by atoms with Crippen molar-refractivity contribution in [3.8, 4) is 0 Å². The van der Waals surface area contributed by atoms with Gasteiger partial charge in [-0.1, -0.05) is 12.8 Å². The molecular weight excluding hydrogens is 251 g/mol. The lowest BCUT2D eigenvalue weighted by atomic mass is 9.79. The Morgan fingerprint density at radius 2 is 2.00 bits per heavy atom. The van der Waals surface area contributed by atoms with Crippen LogP contribution in [0.3, 0.4) is 0 Å². The average molecular weight is 265 g/mol. The van der Waals surface area contributed by atoms with Crippen molar-refractivity contribution < 1.29 is 27.9 Å². The fourth-order valence-corrected chi connectivity index (χ4v) is 3.34. The van der Waals surface area contributed by atoms with Crippen LogP contribution in [-0.2, 0) is 9.59 Å². The number of carboxylic acid groups (broad SMARTS) is 1. The van der Waals surface area contributed by atoms with E-state index in [4.69, 9.17) is 5.11 Å². The minimum Gasteiger partial charge on any atom is -0.481 e. The third-order valence-corrected chi connectivity index (χ3v) is 4.04. The lowest BCUT2D eigenvalue weighted by Crippen LogP contribution is -2.57. The molecule has 0 aliphatic heterocycles. The smallest absolute Gasteiger partial charge is 0.471 e. The van der Waals surface area contributed by atoms with Gasteiger partial charge in [0.25, 0.3) is 0 Å². The Labute approximate surface area is 102 Å². The van der Waals surface area contributed by atoms with Gasteiger partial charge in [-0.2, -0.15) is 13.2 Å². The monoisotopic (exact) mass is 265 g/mol. The largest absolute Gasteiger partial charge is 0.481 e. The number of carboxylic acids is 1. The maximum atomic E-state index is 12.3. The molecule has 0 aromatic rings. The third-order valence-electron chi connectivity index (χ3n) is 4.04. The van der Waals surface area contributed by atoms with E-state index >= 15 is 0 Å². The van der Waals surface area contributed by atoms with E-state index in [-0.39, 0.29) is 5.92 Å². The molecule has 0 aromatic carbocycles. The van der Waals surface area contributed by atoms with Crippen LogP contribution in [0.5, 0.6) is 0 Å². The first-order chi connectivity index (χ1) is 8.24. The summed E-state index contributed by atoms with van der Waals surface area (Å²) in [5, 5.41) is 11.1. The number of alkyl halides is 3. The number of hydrogen-bond acceptors (Lipinski definition) is 2. The molecule has 0 radical (unpaired) electrons. The van der Waals surface area contributed by atoms with Crippen molar-refractivity contribution in [2.45, 2.75) is 43.8 Å². The van der Waals surface area contributed by atoms with Gasteiger partial charge in [0, 0.05) is 0 Å². The van der Waals surface area contributed by atoms with Gasteiger partial charge in [0.2, 0.25) is 0 Å². The molecule has 0 unspecified atom stereocenters. The Morgan fingerprint density at radius 1 is 1.33 bits per heavy atom. The molecule has 102 valence electrons. The van der Waals surface area contributed by atoms with E-state index in [2.05, 4.69) is 0 Å². The summed E-state index contributed by atoms with van der Waals surface area (Å²) in [5.74, 6) is -3.96. The lowest BCUT2D eigenvalue weighted by molar-refractivity contribution is -0.177. The minimum absolute atomic E-state index is 0.105. The zero-order chi connectivity index (χ0) is 13.6. The SMILES string of the molecule is O=C(O)[C@@H]1C[C@H]2CCC[C@]1(NC(=O)C(F)(F)F)C2. The van der Waals surface area contributed by atoms with Crippen molar-refractivity contribution in [2.75, 3.05) is 0 Å². The molecule has 2 N–H and O–H groups in total. The molecule has 3 atom stereocenters. The molecule has 2 aliphatic carbocycles. The minimum atomic E-state index is -4.96. The normalized spacial score (nSPS) is 35.3. The fraction of sp³-hybridized carbons (Fsp3) is 0.818. The van der Waals surface area contributed by atoms with Crippen LogP contribution in [0.2, 0.25) is 0 Å². The molecule has 2 aliphatic rings. The number of hydrogen-bond donors (Lipinski definition) is 2. The van der Waals surface area contributed by atoms with E-state index in [1.807, 2.05) is 5.32 Å². The Kier molecular flexibility index (Phi) is 3.03. The van der Waals surface area contributed by atoms with Crippen LogP contribution in [0, 0.1) is 11.8 Å². The van der Waals surface area contributed by atoms with Crippen molar-refractivity contribution in [1.82, 2.24) is 5.32 Å². The van der Waals surface area contributed by atoms with Gasteiger partial charge in [0.1, 0.15) is 0 Å². The van der Waals surface area contributed by atoms with Gasteiger partial charge in [-0.15, -0.1) is 0 Å². The van der Waals surface area contributed by atoms with E-state index in [1.165, 1.54) is 0 Å². The summed E-state index contributed by atoms with van der Waals surface area (Å²) in [5.41, 5.74) is -1.21. The van der Waals surface area contributed by atoms with Crippen molar-refractivity contribution in [1.29, 1.82) is 0 Å². The van der Waals surface area contributed by atoms with Crippen LogP contribution >= 0.6 is 0 Å². The first kappa shape index (κ1) is 13.2. The summed E-state index contributed by atoms with van der Waals surface area (Å²) in [6.07, 6.45) is -2.48. The molecule has 1 amide bonds. The topological polar surface area (TPSA) is 66.4 Å². The highest BCUT2D eigenvalue weighted by atomic mass is 19.4. The Bertz CT molecular complexity index is 382. The molecular formula is C11H14F3NO3. The van der Waals surface area contributed by atoms with Gasteiger partial charge in [0.05, 0.1) is 11.5 Å². The molecule has 2 fully saturated rings. The molecule has 2 bridgehead atoms. The summed E-state index contributed by atoms with van der Waals surface area (Å²) < 4.78 is 36.9. The molecule has 4 nitrogen and oxygen atoms in total. The van der Waals surface area contributed by atoms with Gasteiger partial charge < -0.3 is 10.4 Å². The number of rotatable bonds is 2. The number of aliphatic carboxylic acids is 1. The second-order valence-corrected chi connectivity index (χ2v) is 5.20. The second kappa shape index (κ2) is 4.13. The summed E-state index contributed by atoms with van der Waals surface area (Å²) in [7, 11) is 0. The quantitative estimate of drug-likeness (QED) is 0.798. The van der Waals surface area contributed by atoms with E-state index in [9.17, 15) is 22.8 Å². The molecule has 0 spiro atoms. The molecule has 2 saturated carbocycles. The van der Waals surface area contributed by atoms with Gasteiger partial charge in [-0.05, 0) is 25.2 Å². The standard InChI is InChI=1S/C11H14F3NO3/c12-11(13,14)9(18)15-10-3-1-2-6(5-10)4-7(10)8(16)17/h6-7H,1-5H2,(H,15,18)(H,16,17)/t6-,7+,10+/m1/s1. The van der Waals surface area contributed by atoms with Crippen LogP contribution in [0.25, 0.3) is 0 Å². The fourth-order valence-electron chi connectivity index (χ4n) is 3.34. The number of fused-ring (bicyclic) bond motifs is 2. The lowest BCUT2D eigenvalue weighted by Gasteiger charge is -2.37. The highest BCUT2D eigenvalue weighted by Gasteiger charge is 2.55. The third kappa shape index (κ3) is 2.18. The van der Waals surface area contributed by atoms with E-state index in [0.29, 0.717) is 25.7 Å². The number of halogens is 3. The van der Waals surface area contributed by atoms with Crippen LogP contribution in [-0.4, -0.2) is 28.7 Å². The molecule has 0 aromatic heterocycles.